The second-order valence-electron chi connectivity index (χ2n) is 10.2. The van der Waals surface area contributed by atoms with Crippen LogP contribution in [0.15, 0.2) is 72.8 Å². The number of nitrogens with one attached hydrogen (secondary N) is 1. The minimum absolute atomic E-state index is 0.150. The third-order valence-electron chi connectivity index (χ3n) is 6.02. The zero-order chi connectivity index (χ0) is 28.2. The number of nitrogens with zero attached hydrogens (tertiary/aromatic N) is 4. The van der Waals surface area contributed by atoms with Crippen LogP contribution in [0.2, 0.25) is 0 Å². The summed E-state index contributed by atoms with van der Waals surface area (Å²) in [6.45, 7) is 9.33. The number of Topliss-reactive ketones (excluding diaryl/α,β-unsaturated/α-hetero) is 1. The molecule has 0 saturated carbocycles. The van der Waals surface area contributed by atoms with E-state index in [0.29, 0.717) is 40.2 Å². The Morgan fingerprint density at radius 3 is 2.38 bits per heavy atom. The summed E-state index contributed by atoms with van der Waals surface area (Å²) in [5.41, 5.74) is 2.23. The number of hydrogen-bond donors (Lipinski definition) is 1. The van der Waals surface area contributed by atoms with Crippen LogP contribution in [0.1, 0.15) is 56.6 Å². The third kappa shape index (κ3) is 6.49. The second-order valence-corrected chi connectivity index (χ2v) is 10.2. The number of aromatic nitrogens is 3. The molecule has 0 spiro atoms. The Balaban J connectivity index is 1.85. The van der Waals surface area contributed by atoms with Crippen molar-refractivity contribution >= 4 is 34.3 Å². The fourth-order valence-electron chi connectivity index (χ4n) is 4.32. The number of carbonyl (C=O) groups is 3. The van der Waals surface area contributed by atoms with E-state index >= 15 is 0 Å². The van der Waals surface area contributed by atoms with Crippen molar-refractivity contribution in [1.29, 1.82) is 0 Å². The Hall–Kier alpha value is -4.53. The first kappa shape index (κ1) is 27.5. The molecule has 9 heteroatoms. The van der Waals surface area contributed by atoms with Gasteiger partial charge in [0.05, 0.1) is 12.1 Å². The molecule has 39 heavy (non-hydrogen) atoms. The van der Waals surface area contributed by atoms with Crippen LogP contribution in [0.3, 0.4) is 0 Å². The van der Waals surface area contributed by atoms with Crippen LogP contribution in [0.5, 0.6) is 5.75 Å². The smallest absolute Gasteiger partial charge is 0.249 e. The van der Waals surface area contributed by atoms with Crippen LogP contribution in [-0.4, -0.2) is 44.7 Å². The van der Waals surface area contributed by atoms with E-state index in [0.717, 1.165) is 0 Å². The van der Waals surface area contributed by atoms with Crippen LogP contribution in [0.25, 0.3) is 11.0 Å². The van der Waals surface area contributed by atoms with E-state index in [1.807, 2.05) is 52.0 Å². The maximum atomic E-state index is 14.1. The van der Waals surface area contributed by atoms with E-state index in [2.05, 4.69) is 15.6 Å². The second kappa shape index (κ2) is 11.5. The predicted molar refractivity (Wildman–Crippen MR) is 150 cm³/mol. The molecule has 2 amide bonds. The first-order chi connectivity index (χ1) is 18.6. The lowest BCUT2D eigenvalue weighted by Gasteiger charge is -2.34. The van der Waals surface area contributed by atoms with E-state index < -0.39 is 17.5 Å². The van der Waals surface area contributed by atoms with Gasteiger partial charge in [-0.25, -0.2) is 4.68 Å². The molecule has 0 radical (unpaired) electrons. The Kier molecular flexibility index (Phi) is 8.09. The van der Waals surface area contributed by atoms with E-state index in [1.165, 1.54) is 16.5 Å². The van der Waals surface area contributed by atoms with Gasteiger partial charge in [0.25, 0.3) is 0 Å². The first-order valence-corrected chi connectivity index (χ1v) is 12.8. The quantitative estimate of drug-likeness (QED) is 0.316. The molecular weight excluding hydrogens is 494 g/mol. The predicted octanol–water partition coefficient (Wildman–Crippen LogP) is 4.72. The minimum Gasteiger partial charge on any atom is -0.494 e. The highest BCUT2D eigenvalue weighted by atomic mass is 16.5. The van der Waals surface area contributed by atoms with E-state index in [9.17, 15) is 14.4 Å². The van der Waals surface area contributed by atoms with Crippen molar-refractivity contribution in [2.24, 2.45) is 0 Å². The molecule has 3 aromatic carbocycles. The number of benzene rings is 3. The van der Waals surface area contributed by atoms with Gasteiger partial charge in [-0.2, -0.15) is 0 Å². The van der Waals surface area contributed by atoms with Gasteiger partial charge in [-0.15, -0.1) is 5.10 Å². The van der Waals surface area contributed by atoms with Gasteiger partial charge in [-0.05, 0) is 76.6 Å². The summed E-state index contributed by atoms with van der Waals surface area (Å²) < 4.78 is 7.10. The Morgan fingerprint density at radius 1 is 1.00 bits per heavy atom. The van der Waals surface area contributed by atoms with Crippen LogP contribution in [-0.2, 0) is 16.1 Å². The summed E-state index contributed by atoms with van der Waals surface area (Å²) in [6, 6.07) is 20.1. The summed E-state index contributed by atoms with van der Waals surface area (Å²) in [5, 5.41) is 11.4. The summed E-state index contributed by atoms with van der Waals surface area (Å²) in [7, 11) is 0. The highest BCUT2D eigenvalue weighted by Crippen LogP contribution is 2.31. The molecule has 0 aliphatic rings. The maximum Gasteiger partial charge on any atom is 0.249 e. The standard InChI is InChI=1S/C30H33N5O4/c1-6-39-24-16-14-21(15-17-24)28(29(38)31-30(3,4)5)35(23-11-9-10-22(18-23)20(2)36)27(37)19-34-26-13-8-7-12-25(26)32-33-34/h7-18,28H,6,19H2,1-5H3,(H,31,38)/t28-/m0/s1. The molecule has 0 saturated heterocycles. The van der Waals surface area contributed by atoms with Crippen molar-refractivity contribution in [3.8, 4) is 5.75 Å². The minimum atomic E-state index is -1.04. The molecule has 1 heterocycles. The molecule has 0 bridgehead atoms. The number of hydrogen-bond acceptors (Lipinski definition) is 6. The molecule has 0 unspecified atom stereocenters. The summed E-state index contributed by atoms with van der Waals surface area (Å²) in [5.74, 6) is -0.254. The molecule has 1 atom stereocenters. The van der Waals surface area contributed by atoms with E-state index in [1.54, 1.807) is 48.5 Å². The lowest BCUT2D eigenvalue weighted by atomic mass is 10.00. The third-order valence-corrected chi connectivity index (χ3v) is 6.02. The van der Waals surface area contributed by atoms with Crippen LogP contribution >= 0.6 is 0 Å². The number of para-hydroxylation sites is 1. The van der Waals surface area contributed by atoms with Gasteiger partial charge in [0.15, 0.2) is 5.78 Å². The van der Waals surface area contributed by atoms with Crippen molar-refractivity contribution in [2.75, 3.05) is 11.5 Å². The lowest BCUT2D eigenvalue weighted by molar-refractivity contribution is -0.128. The molecule has 4 aromatic rings. The average molecular weight is 528 g/mol. The molecule has 202 valence electrons. The maximum absolute atomic E-state index is 14.1. The van der Waals surface area contributed by atoms with Crippen molar-refractivity contribution in [3.05, 3.63) is 83.9 Å². The van der Waals surface area contributed by atoms with Crippen molar-refractivity contribution in [3.63, 3.8) is 0 Å². The van der Waals surface area contributed by atoms with Gasteiger partial charge in [-0.3, -0.25) is 19.3 Å². The Labute approximate surface area is 227 Å². The normalized spacial score (nSPS) is 12.1. The van der Waals surface area contributed by atoms with Gasteiger partial charge >= 0.3 is 0 Å². The number of amides is 2. The molecule has 9 nitrogen and oxygen atoms in total. The lowest BCUT2D eigenvalue weighted by Crippen LogP contribution is -2.50. The molecule has 4 rings (SSSR count). The molecule has 0 fully saturated rings. The molecule has 1 aromatic heterocycles. The highest BCUT2D eigenvalue weighted by molar-refractivity contribution is 6.03. The molecular formula is C30H33N5O4. The van der Waals surface area contributed by atoms with Gasteiger partial charge in [0.1, 0.15) is 23.9 Å². The van der Waals surface area contributed by atoms with Crippen molar-refractivity contribution in [1.82, 2.24) is 20.3 Å². The van der Waals surface area contributed by atoms with Crippen LogP contribution in [0, 0.1) is 0 Å². The first-order valence-electron chi connectivity index (χ1n) is 12.8. The van der Waals surface area contributed by atoms with E-state index in [-0.39, 0.29) is 18.2 Å². The molecule has 1 N–H and O–H groups in total. The summed E-state index contributed by atoms with van der Waals surface area (Å²) >= 11 is 0. The highest BCUT2D eigenvalue weighted by Gasteiger charge is 2.35. The van der Waals surface area contributed by atoms with Gasteiger partial charge < -0.3 is 10.1 Å². The van der Waals surface area contributed by atoms with E-state index in [4.69, 9.17) is 4.74 Å². The van der Waals surface area contributed by atoms with Gasteiger partial charge in [0.2, 0.25) is 11.8 Å². The molecule has 0 aliphatic heterocycles. The number of fused-ring (bicyclic) bond motifs is 1. The topological polar surface area (TPSA) is 106 Å². The monoisotopic (exact) mass is 527 g/mol. The molecule has 0 aliphatic carbocycles. The van der Waals surface area contributed by atoms with Gasteiger partial charge in [0, 0.05) is 16.8 Å². The number of carbonyl (C=O) groups excluding carboxylic acids is 3. The zero-order valence-corrected chi connectivity index (χ0v) is 22.8. The van der Waals surface area contributed by atoms with Crippen LogP contribution < -0.4 is 15.0 Å². The van der Waals surface area contributed by atoms with Gasteiger partial charge in [-0.1, -0.05) is 41.6 Å². The summed E-state index contributed by atoms with van der Waals surface area (Å²) in [6.07, 6.45) is 0. The average Bonchev–Trinajstić information content (AvgIpc) is 3.29. The Morgan fingerprint density at radius 2 is 1.72 bits per heavy atom. The largest absolute Gasteiger partial charge is 0.494 e. The SMILES string of the molecule is CCOc1ccc([C@@H](C(=O)NC(C)(C)C)N(C(=O)Cn2nnc3ccccc32)c2cccc(C(C)=O)c2)cc1. The van der Waals surface area contributed by atoms with Crippen molar-refractivity contribution in [2.45, 2.75) is 52.7 Å². The number of anilines is 1. The fourth-order valence-corrected chi connectivity index (χ4v) is 4.32. The number of rotatable bonds is 9. The Bertz CT molecular complexity index is 1490. The van der Waals surface area contributed by atoms with Crippen molar-refractivity contribution < 1.29 is 19.1 Å². The number of ether oxygens (including phenoxy) is 1. The summed E-state index contributed by atoms with van der Waals surface area (Å²) in [4.78, 5) is 41.7. The number of ketones is 1. The fraction of sp³-hybridized carbons (Fsp3) is 0.300. The van der Waals surface area contributed by atoms with Crippen LogP contribution in [0.4, 0.5) is 5.69 Å². The zero-order valence-electron chi connectivity index (χ0n) is 22.8.